The van der Waals surface area contributed by atoms with Crippen LogP contribution >= 0.6 is 0 Å². The van der Waals surface area contributed by atoms with Gasteiger partial charge in [-0.3, -0.25) is 9.69 Å². The van der Waals surface area contributed by atoms with Gasteiger partial charge in [0.15, 0.2) is 0 Å². The fourth-order valence-corrected chi connectivity index (χ4v) is 3.68. The number of carbonyl (C=O) groups is 1. The molecule has 1 fully saturated rings. The molecule has 1 amide bonds. The lowest BCUT2D eigenvalue weighted by Crippen LogP contribution is -2.49. The van der Waals surface area contributed by atoms with Crippen molar-refractivity contribution in [3.8, 4) is 0 Å². The molecular weight excluding hydrogens is 312 g/mol. The quantitative estimate of drug-likeness (QED) is 0.914. The monoisotopic (exact) mass is 336 g/mol. The summed E-state index contributed by atoms with van der Waals surface area (Å²) in [6, 6.07) is 10.5. The minimum atomic E-state index is 0.176. The number of allylic oxidation sites excluding steroid dienone is 2. The van der Waals surface area contributed by atoms with Crippen LogP contribution in [0.4, 0.5) is 0 Å². The molecule has 1 aromatic carbocycles. The molecule has 25 heavy (non-hydrogen) atoms. The van der Waals surface area contributed by atoms with Gasteiger partial charge in [0.05, 0.1) is 11.4 Å². The summed E-state index contributed by atoms with van der Waals surface area (Å²) >= 11 is 0. The van der Waals surface area contributed by atoms with E-state index in [0.29, 0.717) is 0 Å². The molecule has 0 radical (unpaired) electrons. The predicted octanol–water partition coefficient (Wildman–Crippen LogP) is 1.83. The van der Waals surface area contributed by atoms with Crippen LogP contribution in [0.2, 0.25) is 0 Å². The highest BCUT2D eigenvalue weighted by atomic mass is 16.2. The Bertz CT molecular complexity index is 729. The number of amides is 1. The topological polar surface area (TPSA) is 38.8 Å². The number of carbonyl (C=O) groups excluding carboxylic acids is 1. The molecule has 1 saturated heterocycles. The molecule has 3 heterocycles. The lowest BCUT2D eigenvalue weighted by atomic mass is 10.1. The zero-order valence-corrected chi connectivity index (χ0v) is 14.6. The molecule has 3 aliphatic heterocycles. The van der Waals surface area contributed by atoms with Crippen molar-refractivity contribution in [3.63, 3.8) is 0 Å². The Morgan fingerprint density at radius 1 is 1.12 bits per heavy atom. The molecule has 5 heteroatoms. The van der Waals surface area contributed by atoms with E-state index >= 15 is 0 Å². The van der Waals surface area contributed by atoms with Gasteiger partial charge in [-0.05, 0) is 17.7 Å². The van der Waals surface area contributed by atoms with E-state index in [4.69, 9.17) is 0 Å². The summed E-state index contributed by atoms with van der Waals surface area (Å²) in [5.41, 5.74) is 3.72. The summed E-state index contributed by atoms with van der Waals surface area (Å²) < 4.78 is 0. The van der Waals surface area contributed by atoms with E-state index in [0.717, 1.165) is 32.7 Å². The van der Waals surface area contributed by atoms with E-state index in [-0.39, 0.29) is 12.1 Å². The van der Waals surface area contributed by atoms with Crippen LogP contribution in [0.3, 0.4) is 0 Å². The second-order valence-corrected chi connectivity index (χ2v) is 6.69. The molecule has 1 N–H and O–H groups in total. The summed E-state index contributed by atoms with van der Waals surface area (Å²) in [4.78, 5) is 18.2. The van der Waals surface area contributed by atoms with Gasteiger partial charge in [-0.15, -0.1) is 0 Å². The summed E-state index contributed by atoms with van der Waals surface area (Å²) in [6.07, 6.45) is 8.69. The lowest BCUT2D eigenvalue weighted by Gasteiger charge is -2.36. The maximum atomic E-state index is 11.5. The number of piperazine rings is 1. The standard InChI is InChI=1S/C20H24N4O/c1-16(25)23-13-11-22(12-14-23)15-18-20(17-7-3-2-4-8-17)21-19-9-5-6-10-24(18)19/h2-10,19,21H,11-15H2,1H3. The van der Waals surface area contributed by atoms with Gasteiger partial charge in [0.25, 0.3) is 0 Å². The average molecular weight is 336 g/mol. The maximum Gasteiger partial charge on any atom is 0.219 e. The molecule has 0 spiro atoms. The van der Waals surface area contributed by atoms with Gasteiger partial charge in [-0.25, -0.2) is 0 Å². The van der Waals surface area contributed by atoms with Crippen molar-refractivity contribution < 1.29 is 4.79 Å². The van der Waals surface area contributed by atoms with E-state index in [2.05, 4.69) is 63.8 Å². The van der Waals surface area contributed by atoms with Gasteiger partial charge in [-0.1, -0.05) is 36.4 Å². The maximum absolute atomic E-state index is 11.5. The van der Waals surface area contributed by atoms with E-state index in [9.17, 15) is 4.79 Å². The minimum Gasteiger partial charge on any atom is -0.360 e. The summed E-state index contributed by atoms with van der Waals surface area (Å²) in [5, 5.41) is 3.65. The van der Waals surface area contributed by atoms with Crippen molar-refractivity contribution in [3.05, 3.63) is 66.0 Å². The molecule has 5 nitrogen and oxygen atoms in total. The second kappa shape index (κ2) is 6.76. The van der Waals surface area contributed by atoms with Crippen LogP contribution in [0.1, 0.15) is 12.5 Å². The minimum absolute atomic E-state index is 0.176. The highest BCUT2D eigenvalue weighted by Crippen LogP contribution is 2.30. The Labute approximate surface area is 148 Å². The number of hydrogen-bond acceptors (Lipinski definition) is 4. The first-order valence-electron chi connectivity index (χ1n) is 8.89. The molecule has 4 rings (SSSR count). The first-order chi connectivity index (χ1) is 12.2. The number of hydrogen-bond donors (Lipinski definition) is 1. The smallest absolute Gasteiger partial charge is 0.219 e. The highest BCUT2D eigenvalue weighted by Gasteiger charge is 2.31. The van der Waals surface area contributed by atoms with Crippen LogP contribution in [0.5, 0.6) is 0 Å². The lowest BCUT2D eigenvalue weighted by molar-refractivity contribution is -0.130. The predicted molar refractivity (Wildman–Crippen MR) is 99.1 cm³/mol. The fraction of sp³-hybridized carbons (Fsp3) is 0.350. The zero-order valence-electron chi connectivity index (χ0n) is 14.6. The molecule has 0 bridgehead atoms. The second-order valence-electron chi connectivity index (χ2n) is 6.69. The Hall–Kier alpha value is -2.53. The molecular formula is C20H24N4O. The molecule has 1 aromatic rings. The third kappa shape index (κ3) is 3.20. The summed E-state index contributed by atoms with van der Waals surface area (Å²) in [7, 11) is 0. The third-order valence-electron chi connectivity index (χ3n) is 5.10. The third-order valence-corrected chi connectivity index (χ3v) is 5.10. The fourth-order valence-electron chi connectivity index (χ4n) is 3.68. The van der Waals surface area contributed by atoms with Gasteiger partial charge < -0.3 is 15.1 Å². The number of rotatable bonds is 3. The van der Waals surface area contributed by atoms with Crippen LogP contribution in [-0.4, -0.2) is 59.5 Å². The van der Waals surface area contributed by atoms with Crippen LogP contribution in [0.15, 0.2) is 60.5 Å². The van der Waals surface area contributed by atoms with E-state index in [1.165, 1.54) is 17.0 Å². The largest absolute Gasteiger partial charge is 0.360 e. The Morgan fingerprint density at radius 3 is 2.60 bits per heavy atom. The van der Waals surface area contributed by atoms with Crippen molar-refractivity contribution >= 4 is 11.6 Å². The molecule has 0 aromatic heterocycles. The SMILES string of the molecule is CC(=O)N1CCN(CC2=C(c3ccccc3)NC3C=CC=CN23)CC1. The molecule has 0 aliphatic carbocycles. The van der Waals surface area contributed by atoms with E-state index in [1.54, 1.807) is 6.92 Å². The first kappa shape index (κ1) is 16.0. The van der Waals surface area contributed by atoms with E-state index < -0.39 is 0 Å². The Kier molecular flexibility index (Phi) is 4.32. The Balaban J connectivity index is 1.56. The highest BCUT2D eigenvalue weighted by molar-refractivity contribution is 5.73. The van der Waals surface area contributed by atoms with Gasteiger partial charge in [0.2, 0.25) is 5.91 Å². The summed E-state index contributed by atoms with van der Waals surface area (Å²) in [5.74, 6) is 0.176. The number of fused-ring (bicyclic) bond motifs is 1. The van der Waals surface area contributed by atoms with Crippen molar-refractivity contribution in [2.75, 3.05) is 32.7 Å². The van der Waals surface area contributed by atoms with Gasteiger partial charge in [0.1, 0.15) is 6.17 Å². The van der Waals surface area contributed by atoms with Gasteiger partial charge in [-0.2, -0.15) is 0 Å². The molecule has 1 atom stereocenters. The molecule has 3 aliphatic rings. The van der Waals surface area contributed by atoms with E-state index in [1.807, 2.05) is 11.0 Å². The van der Waals surface area contributed by atoms with Gasteiger partial charge >= 0.3 is 0 Å². The Morgan fingerprint density at radius 2 is 1.88 bits per heavy atom. The zero-order chi connectivity index (χ0) is 17.2. The number of nitrogens with one attached hydrogen (secondary N) is 1. The van der Waals surface area contributed by atoms with Crippen molar-refractivity contribution in [2.45, 2.75) is 13.1 Å². The molecule has 1 unspecified atom stereocenters. The number of benzene rings is 1. The average Bonchev–Trinajstić information content (AvgIpc) is 3.02. The summed E-state index contributed by atoms with van der Waals surface area (Å²) in [6.45, 7) is 6.01. The van der Waals surface area contributed by atoms with Gasteiger partial charge in [0, 0.05) is 45.8 Å². The van der Waals surface area contributed by atoms with Crippen LogP contribution in [0, 0.1) is 0 Å². The van der Waals surface area contributed by atoms with Crippen LogP contribution in [0.25, 0.3) is 5.70 Å². The number of nitrogens with zero attached hydrogens (tertiary/aromatic N) is 3. The van der Waals surface area contributed by atoms with Crippen LogP contribution in [-0.2, 0) is 4.79 Å². The van der Waals surface area contributed by atoms with Crippen molar-refractivity contribution in [1.82, 2.24) is 20.0 Å². The molecule has 130 valence electrons. The normalized spacial score (nSPS) is 23.0. The van der Waals surface area contributed by atoms with Crippen molar-refractivity contribution in [1.29, 1.82) is 0 Å². The molecule has 0 saturated carbocycles. The van der Waals surface area contributed by atoms with Crippen molar-refractivity contribution in [2.24, 2.45) is 0 Å². The van der Waals surface area contributed by atoms with Crippen LogP contribution < -0.4 is 5.32 Å². The first-order valence-corrected chi connectivity index (χ1v) is 8.89.